The van der Waals surface area contributed by atoms with Crippen LogP contribution in [0.4, 0.5) is 0 Å². The molecule has 0 aliphatic heterocycles. The number of hydrogen-bond acceptors (Lipinski definition) is 4. The first-order valence-corrected chi connectivity index (χ1v) is 10.3. The van der Waals surface area contributed by atoms with E-state index >= 15 is 0 Å². The second kappa shape index (κ2) is 11.2. The fraction of sp³-hybridized carbons (Fsp3) is 0.333. The van der Waals surface area contributed by atoms with Crippen molar-refractivity contribution in [2.45, 2.75) is 47.1 Å². The van der Waals surface area contributed by atoms with Crippen LogP contribution in [-0.2, 0) is 31.0 Å². The Balaban J connectivity index is 1.59. The Morgan fingerprint density at radius 1 is 0.967 bits per heavy atom. The average Bonchev–Trinajstić information content (AvgIpc) is 3.09. The first-order chi connectivity index (χ1) is 14.7. The van der Waals surface area contributed by atoms with Crippen LogP contribution in [0.25, 0.3) is 0 Å². The monoisotopic (exact) mass is 406 g/mol. The second-order valence-corrected chi connectivity index (χ2v) is 7.05. The molecule has 6 heteroatoms. The maximum Gasteiger partial charge on any atom is 0.214 e. The lowest BCUT2D eigenvalue weighted by Crippen LogP contribution is -2.36. The molecule has 1 aromatic heterocycles. The summed E-state index contributed by atoms with van der Waals surface area (Å²) in [5.41, 5.74) is 4.37. The SMILES string of the molecule is CCNC(=NCc1ccccc1COCc1ccccc1)NCc1nc(C)c(C)o1. The quantitative estimate of drug-likeness (QED) is 0.410. The summed E-state index contributed by atoms with van der Waals surface area (Å²) in [6.45, 7) is 8.88. The van der Waals surface area contributed by atoms with Crippen LogP contribution in [0.5, 0.6) is 0 Å². The van der Waals surface area contributed by atoms with E-state index in [2.05, 4.69) is 39.9 Å². The van der Waals surface area contributed by atoms with Gasteiger partial charge in [-0.1, -0.05) is 54.6 Å². The number of hydrogen-bond donors (Lipinski definition) is 2. The Kier molecular flexibility index (Phi) is 8.03. The van der Waals surface area contributed by atoms with E-state index in [0.29, 0.717) is 32.2 Å². The number of nitrogens with zero attached hydrogens (tertiary/aromatic N) is 2. The van der Waals surface area contributed by atoms with E-state index in [1.807, 2.05) is 51.1 Å². The van der Waals surface area contributed by atoms with E-state index in [-0.39, 0.29) is 0 Å². The molecule has 0 aliphatic carbocycles. The highest BCUT2D eigenvalue weighted by atomic mass is 16.5. The number of aromatic nitrogens is 1. The molecule has 0 spiro atoms. The van der Waals surface area contributed by atoms with Crippen LogP contribution in [0.1, 0.15) is 41.0 Å². The predicted octanol–water partition coefficient (Wildman–Crippen LogP) is 4.26. The lowest BCUT2D eigenvalue weighted by atomic mass is 10.1. The summed E-state index contributed by atoms with van der Waals surface area (Å²) >= 11 is 0. The molecule has 2 N–H and O–H groups in total. The van der Waals surface area contributed by atoms with Crippen molar-refractivity contribution in [3.8, 4) is 0 Å². The Labute approximate surface area is 178 Å². The molecule has 1 heterocycles. The van der Waals surface area contributed by atoms with E-state index in [1.165, 1.54) is 5.56 Å². The average molecular weight is 407 g/mol. The highest BCUT2D eigenvalue weighted by Gasteiger charge is 2.07. The summed E-state index contributed by atoms with van der Waals surface area (Å²) in [6, 6.07) is 18.5. The first-order valence-electron chi connectivity index (χ1n) is 10.3. The van der Waals surface area contributed by atoms with Gasteiger partial charge in [-0.2, -0.15) is 0 Å². The topological polar surface area (TPSA) is 71.7 Å². The molecule has 0 radical (unpaired) electrons. The van der Waals surface area contributed by atoms with E-state index in [0.717, 1.165) is 35.1 Å². The third kappa shape index (κ3) is 6.46. The molecule has 3 rings (SSSR count). The van der Waals surface area contributed by atoms with Gasteiger partial charge in [0.15, 0.2) is 5.96 Å². The fourth-order valence-electron chi connectivity index (χ4n) is 2.99. The van der Waals surface area contributed by atoms with Crippen molar-refractivity contribution in [2.24, 2.45) is 4.99 Å². The molecular weight excluding hydrogens is 376 g/mol. The van der Waals surface area contributed by atoms with Crippen molar-refractivity contribution < 1.29 is 9.15 Å². The third-order valence-electron chi connectivity index (χ3n) is 4.72. The number of rotatable bonds is 9. The minimum Gasteiger partial charge on any atom is -0.444 e. The van der Waals surface area contributed by atoms with Crippen LogP contribution < -0.4 is 10.6 Å². The number of aliphatic imine (C=N–C) groups is 1. The summed E-state index contributed by atoms with van der Waals surface area (Å²) in [6.07, 6.45) is 0. The molecule has 0 saturated carbocycles. The highest BCUT2D eigenvalue weighted by molar-refractivity contribution is 5.79. The third-order valence-corrected chi connectivity index (χ3v) is 4.72. The van der Waals surface area contributed by atoms with Crippen molar-refractivity contribution in [2.75, 3.05) is 6.54 Å². The zero-order valence-corrected chi connectivity index (χ0v) is 17.9. The van der Waals surface area contributed by atoms with Gasteiger partial charge in [0.1, 0.15) is 5.76 Å². The van der Waals surface area contributed by atoms with Gasteiger partial charge in [-0.25, -0.2) is 9.98 Å². The second-order valence-electron chi connectivity index (χ2n) is 7.05. The summed E-state index contributed by atoms with van der Waals surface area (Å²) < 4.78 is 11.6. The minimum absolute atomic E-state index is 0.488. The normalized spacial score (nSPS) is 11.5. The van der Waals surface area contributed by atoms with Gasteiger partial charge in [0.2, 0.25) is 5.89 Å². The van der Waals surface area contributed by atoms with Gasteiger partial charge in [-0.05, 0) is 37.5 Å². The number of nitrogens with one attached hydrogen (secondary N) is 2. The molecule has 6 nitrogen and oxygen atoms in total. The molecule has 0 atom stereocenters. The Morgan fingerprint density at radius 3 is 2.40 bits per heavy atom. The van der Waals surface area contributed by atoms with E-state index in [4.69, 9.17) is 14.1 Å². The Bertz CT molecular complexity index is 931. The van der Waals surface area contributed by atoms with Crippen LogP contribution in [-0.4, -0.2) is 17.5 Å². The highest BCUT2D eigenvalue weighted by Crippen LogP contribution is 2.13. The number of ether oxygens (including phenoxy) is 1. The smallest absolute Gasteiger partial charge is 0.214 e. The summed E-state index contributed by atoms with van der Waals surface area (Å²) in [4.78, 5) is 9.13. The largest absolute Gasteiger partial charge is 0.444 e. The fourth-order valence-corrected chi connectivity index (χ4v) is 2.99. The van der Waals surface area contributed by atoms with Crippen LogP contribution in [0.15, 0.2) is 64.0 Å². The number of aryl methyl sites for hydroxylation is 2. The summed E-state index contributed by atoms with van der Waals surface area (Å²) in [5, 5.41) is 6.55. The standard InChI is InChI=1S/C24H30N4O2/c1-4-25-24(27-15-23-28-18(2)19(3)30-23)26-14-21-12-8-9-13-22(21)17-29-16-20-10-6-5-7-11-20/h5-13H,4,14-17H2,1-3H3,(H2,25,26,27). The van der Waals surface area contributed by atoms with E-state index in [9.17, 15) is 0 Å². The molecule has 0 aliphatic rings. The zero-order chi connectivity index (χ0) is 21.2. The summed E-state index contributed by atoms with van der Waals surface area (Å²) in [7, 11) is 0. The maximum absolute atomic E-state index is 5.92. The van der Waals surface area contributed by atoms with Gasteiger partial charge >= 0.3 is 0 Å². The minimum atomic E-state index is 0.488. The van der Waals surface area contributed by atoms with Gasteiger partial charge in [0.25, 0.3) is 0 Å². The van der Waals surface area contributed by atoms with Crippen LogP contribution in [0.2, 0.25) is 0 Å². The van der Waals surface area contributed by atoms with Gasteiger partial charge in [-0.3, -0.25) is 0 Å². The van der Waals surface area contributed by atoms with Crippen LogP contribution in [0, 0.1) is 13.8 Å². The van der Waals surface area contributed by atoms with E-state index < -0.39 is 0 Å². The summed E-state index contributed by atoms with van der Waals surface area (Å²) in [5.74, 6) is 2.23. The van der Waals surface area contributed by atoms with Crippen LogP contribution in [0.3, 0.4) is 0 Å². The molecule has 0 bridgehead atoms. The molecule has 158 valence electrons. The molecule has 2 aromatic carbocycles. The van der Waals surface area contributed by atoms with Crippen molar-refractivity contribution >= 4 is 5.96 Å². The van der Waals surface area contributed by atoms with Gasteiger partial charge in [-0.15, -0.1) is 0 Å². The molecule has 30 heavy (non-hydrogen) atoms. The first kappa shape index (κ1) is 21.6. The van der Waals surface area contributed by atoms with Gasteiger partial charge < -0.3 is 19.8 Å². The Morgan fingerprint density at radius 2 is 1.70 bits per heavy atom. The molecule has 3 aromatic rings. The predicted molar refractivity (Wildman–Crippen MR) is 119 cm³/mol. The number of oxazole rings is 1. The number of benzene rings is 2. The van der Waals surface area contributed by atoms with Gasteiger partial charge in [0.05, 0.1) is 32.0 Å². The molecule has 0 fully saturated rings. The van der Waals surface area contributed by atoms with Crippen molar-refractivity contribution in [1.82, 2.24) is 15.6 Å². The van der Waals surface area contributed by atoms with Crippen molar-refractivity contribution in [3.63, 3.8) is 0 Å². The van der Waals surface area contributed by atoms with Gasteiger partial charge in [0, 0.05) is 6.54 Å². The lowest BCUT2D eigenvalue weighted by molar-refractivity contribution is 0.106. The molecular formula is C24H30N4O2. The van der Waals surface area contributed by atoms with Crippen LogP contribution >= 0.6 is 0 Å². The Hall–Kier alpha value is -3.12. The zero-order valence-electron chi connectivity index (χ0n) is 17.9. The van der Waals surface area contributed by atoms with E-state index in [1.54, 1.807) is 0 Å². The maximum atomic E-state index is 5.92. The van der Waals surface area contributed by atoms with Crippen molar-refractivity contribution in [1.29, 1.82) is 0 Å². The molecule has 0 unspecified atom stereocenters. The lowest BCUT2D eigenvalue weighted by Gasteiger charge is -2.12. The molecule has 0 amide bonds. The van der Waals surface area contributed by atoms with Crippen molar-refractivity contribution in [3.05, 3.63) is 88.6 Å². The molecule has 0 saturated heterocycles. The number of guanidine groups is 1.